The molecule has 0 aliphatic heterocycles. The van der Waals surface area contributed by atoms with Crippen molar-refractivity contribution >= 4 is 45.9 Å². The molecule has 166 valence electrons. The Kier molecular flexibility index (Phi) is 7.27. The fourth-order valence-corrected chi connectivity index (χ4v) is 4.85. The van der Waals surface area contributed by atoms with E-state index in [0.717, 1.165) is 19.3 Å². The summed E-state index contributed by atoms with van der Waals surface area (Å²) in [7, 11) is 0. The molecule has 8 heteroatoms. The first-order valence-corrected chi connectivity index (χ1v) is 12.0. The number of thioether (sulfide) groups is 1. The van der Waals surface area contributed by atoms with Crippen molar-refractivity contribution in [1.82, 2.24) is 14.5 Å². The Hall–Kier alpha value is -2.64. The van der Waals surface area contributed by atoms with Crippen molar-refractivity contribution in [1.29, 1.82) is 0 Å². The van der Waals surface area contributed by atoms with E-state index in [0.29, 0.717) is 28.3 Å². The zero-order chi connectivity index (χ0) is 22.5. The average molecular weight is 469 g/mol. The number of hydrogen-bond donors (Lipinski definition) is 1. The molecule has 1 aliphatic rings. The molecule has 4 rings (SSSR count). The van der Waals surface area contributed by atoms with Crippen LogP contribution in [0, 0.1) is 0 Å². The molecule has 0 bridgehead atoms. The van der Waals surface area contributed by atoms with Gasteiger partial charge in [0.2, 0.25) is 5.91 Å². The molecule has 0 saturated carbocycles. The van der Waals surface area contributed by atoms with E-state index in [2.05, 4.69) is 16.4 Å². The molecule has 32 heavy (non-hydrogen) atoms. The number of amides is 1. The van der Waals surface area contributed by atoms with Crippen LogP contribution in [0.25, 0.3) is 10.9 Å². The summed E-state index contributed by atoms with van der Waals surface area (Å²) in [5.41, 5.74) is 2.41. The van der Waals surface area contributed by atoms with Gasteiger partial charge in [0.05, 0.1) is 21.8 Å². The van der Waals surface area contributed by atoms with Crippen molar-refractivity contribution in [2.24, 2.45) is 0 Å². The minimum atomic E-state index is -0.487. The minimum Gasteiger partial charge on any atom is -0.322 e. The van der Waals surface area contributed by atoms with Crippen molar-refractivity contribution in [3.05, 3.63) is 69.8 Å². The molecule has 2 aromatic heterocycles. The summed E-state index contributed by atoms with van der Waals surface area (Å²) < 4.78 is 1.71. The summed E-state index contributed by atoms with van der Waals surface area (Å²) in [4.78, 5) is 34.8. The number of hydrogen-bond acceptors (Lipinski definition) is 5. The number of allylic oxidation sites excluding steroid dienone is 2. The van der Waals surface area contributed by atoms with Crippen LogP contribution in [0.3, 0.4) is 0 Å². The van der Waals surface area contributed by atoms with Gasteiger partial charge in [-0.1, -0.05) is 47.1 Å². The summed E-state index contributed by atoms with van der Waals surface area (Å²) in [6.45, 7) is 2.34. The molecule has 0 fully saturated rings. The number of carbonyl (C=O) groups excluding carboxylic acids is 1. The van der Waals surface area contributed by atoms with Crippen LogP contribution in [0.1, 0.15) is 39.0 Å². The maximum Gasteiger partial charge on any atom is 0.262 e. The van der Waals surface area contributed by atoms with Crippen LogP contribution in [0.4, 0.5) is 5.69 Å². The van der Waals surface area contributed by atoms with E-state index < -0.39 is 5.25 Å². The zero-order valence-corrected chi connectivity index (χ0v) is 19.5. The third-order valence-electron chi connectivity index (χ3n) is 5.54. The maximum absolute atomic E-state index is 13.3. The van der Waals surface area contributed by atoms with Crippen LogP contribution in [0.15, 0.2) is 64.2 Å². The van der Waals surface area contributed by atoms with E-state index in [4.69, 9.17) is 16.6 Å². The number of carbonyl (C=O) groups is 1. The van der Waals surface area contributed by atoms with Crippen LogP contribution in [-0.2, 0) is 11.3 Å². The van der Waals surface area contributed by atoms with Crippen LogP contribution >= 0.6 is 23.4 Å². The van der Waals surface area contributed by atoms with Gasteiger partial charge in [0, 0.05) is 12.7 Å². The topological polar surface area (TPSA) is 76.9 Å². The molecule has 1 atom stereocenters. The van der Waals surface area contributed by atoms with E-state index in [1.807, 2.05) is 18.2 Å². The second kappa shape index (κ2) is 10.3. The normalized spacial score (nSPS) is 14.8. The van der Waals surface area contributed by atoms with E-state index >= 15 is 0 Å². The third-order valence-corrected chi connectivity index (χ3v) is 6.93. The molecular formula is C24H25ClN4O2S. The fourth-order valence-electron chi connectivity index (χ4n) is 3.75. The maximum atomic E-state index is 13.3. The minimum absolute atomic E-state index is 0.0718. The van der Waals surface area contributed by atoms with E-state index in [1.165, 1.54) is 30.2 Å². The number of fused-ring (bicyclic) bond motifs is 1. The lowest BCUT2D eigenvalue weighted by atomic mass is 9.97. The monoisotopic (exact) mass is 468 g/mol. The number of aromatic nitrogens is 3. The van der Waals surface area contributed by atoms with Crippen molar-refractivity contribution < 1.29 is 4.79 Å². The molecule has 6 nitrogen and oxygen atoms in total. The highest BCUT2D eigenvalue weighted by Gasteiger charge is 2.20. The van der Waals surface area contributed by atoms with Gasteiger partial charge >= 0.3 is 0 Å². The molecule has 3 aromatic rings. The molecule has 0 spiro atoms. The Morgan fingerprint density at radius 2 is 2.09 bits per heavy atom. The van der Waals surface area contributed by atoms with Crippen molar-refractivity contribution in [3.63, 3.8) is 0 Å². The number of rotatable bonds is 7. The molecule has 1 aliphatic carbocycles. The smallest absolute Gasteiger partial charge is 0.262 e. The number of nitrogens with zero attached hydrogens (tertiary/aromatic N) is 3. The predicted molar refractivity (Wildman–Crippen MR) is 130 cm³/mol. The molecule has 1 N–H and O–H groups in total. The number of pyridine rings is 1. The Morgan fingerprint density at radius 3 is 2.88 bits per heavy atom. The van der Waals surface area contributed by atoms with Crippen LogP contribution in [-0.4, -0.2) is 25.7 Å². The Labute approximate surface area is 196 Å². The van der Waals surface area contributed by atoms with Crippen molar-refractivity contribution in [2.45, 2.75) is 56.0 Å². The fraction of sp³-hybridized carbons (Fsp3) is 0.333. The predicted octanol–water partition coefficient (Wildman–Crippen LogP) is 5.45. The average Bonchev–Trinajstić information content (AvgIpc) is 2.81. The number of anilines is 1. The molecule has 1 aromatic carbocycles. The lowest BCUT2D eigenvalue weighted by Gasteiger charge is -2.18. The summed E-state index contributed by atoms with van der Waals surface area (Å²) in [6.07, 6.45) is 9.30. The van der Waals surface area contributed by atoms with E-state index in [-0.39, 0.29) is 16.6 Å². The van der Waals surface area contributed by atoms with Crippen molar-refractivity contribution in [3.8, 4) is 0 Å². The second-order valence-corrected chi connectivity index (χ2v) is 9.48. The first kappa shape index (κ1) is 22.6. The number of benzene rings is 1. The van der Waals surface area contributed by atoms with Gasteiger partial charge in [0.1, 0.15) is 0 Å². The number of nitrogens with one attached hydrogen (secondary N) is 1. The molecule has 0 radical (unpaired) electrons. The third kappa shape index (κ3) is 5.22. The van der Waals surface area contributed by atoms with Crippen LogP contribution in [0.5, 0.6) is 0 Å². The molecular weight excluding hydrogens is 444 g/mol. The van der Waals surface area contributed by atoms with Gasteiger partial charge in [-0.05, 0) is 63.3 Å². The van der Waals surface area contributed by atoms with Gasteiger partial charge in [0.25, 0.3) is 5.56 Å². The number of halogens is 1. The first-order valence-electron chi connectivity index (χ1n) is 10.8. The SMILES string of the molecule is CC(Sc1nc2ccccc2c(=O)n1CCC1=CCCCC1)C(=O)Nc1cccnc1Cl. The Balaban J connectivity index is 1.59. The summed E-state index contributed by atoms with van der Waals surface area (Å²) in [5, 5.41) is 3.69. The molecule has 2 heterocycles. The highest BCUT2D eigenvalue weighted by Crippen LogP contribution is 2.26. The van der Waals surface area contributed by atoms with E-state index in [9.17, 15) is 9.59 Å². The summed E-state index contributed by atoms with van der Waals surface area (Å²) in [5.74, 6) is -0.228. The lowest BCUT2D eigenvalue weighted by molar-refractivity contribution is -0.115. The van der Waals surface area contributed by atoms with Gasteiger partial charge in [0.15, 0.2) is 10.3 Å². The van der Waals surface area contributed by atoms with Gasteiger partial charge < -0.3 is 5.32 Å². The second-order valence-electron chi connectivity index (χ2n) is 7.82. The molecule has 0 saturated heterocycles. The summed E-state index contributed by atoms with van der Waals surface area (Å²) in [6, 6.07) is 10.8. The Bertz CT molecular complexity index is 1220. The van der Waals surface area contributed by atoms with Gasteiger partial charge in [-0.2, -0.15) is 0 Å². The molecule has 1 unspecified atom stereocenters. The number of para-hydroxylation sites is 1. The highest BCUT2D eigenvalue weighted by atomic mass is 35.5. The standard InChI is InChI=1S/C24H25ClN4O2S/c1-16(22(30)27-20-12-7-14-26-21(20)25)32-24-28-19-11-6-5-10-18(19)23(31)29(24)15-13-17-8-3-2-4-9-17/h5-8,10-12,14,16H,2-4,9,13,15H2,1H3,(H,27,30). The van der Waals surface area contributed by atoms with E-state index in [1.54, 1.807) is 35.9 Å². The van der Waals surface area contributed by atoms with Gasteiger partial charge in [-0.3, -0.25) is 14.2 Å². The van der Waals surface area contributed by atoms with Gasteiger partial charge in [-0.15, -0.1) is 0 Å². The van der Waals surface area contributed by atoms with Crippen LogP contribution < -0.4 is 10.9 Å². The van der Waals surface area contributed by atoms with Gasteiger partial charge in [-0.25, -0.2) is 9.97 Å². The summed E-state index contributed by atoms with van der Waals surface area (Å²) >= 11 is 7.34. The quantitative estimate of drug-likeness (QED) is 0.216. The molecule has 1 amide bonds. The Morgan fingerprint density at radius 1 is 1.25 bits per heavy atom. The van der Waals surface area contributed by atoms with Crippen LogP contribution in [0.2, 0.25) is 5.15 Å². The first-order chi connectivity index (χ1) is 15.5. The van der Waals surface area contributed by atoms with Crippen molar-refractivity contribution in [2.75, 3.05) is 5.32 Å². The lowest BCUT2D eigenvalue weighted by Crippen LogP contribution is -2.27. The highest BCUT2D eigenvalue weighted by molar-refractivity contribution is 8.00. The largest absolute Gasteiger partial charge is 0.322 e. The zero-order valence-electron chi connectivity index (χ0n) is 17.9.